The molecular formula is C15H24F2IN3. The van der Waals surface area contributed by atoms with Gasteiger partial charge in [-0.2, -0.15) is 0 Å². The molecule has 0 aliphatic heterocycles. The van der Waals surface area contributed by atoms with Crippen molar-refractivity contribution in [2.45, 2.75) is 32.6 Å². The Morgan fingerprint density at radius 1 is 1.14 bits per heavy atom. The van der Waals surface area contributed by atoms with Gasteiger partial charge in [0.1, 0.15) is 0 Å². The van der Waals surface area contributed by atoms with Crippen LogP contribution in [-0.4, -0.2) is 26.1 Å². The summed E-state index contributed by atoms with van der Waals surface area (Å²) in [5.41, 5.74) is 0.374. The molecule has 120 valence electrons. The van der Waals surface area contributed by atoms with E-state index in [1.165, 1.54) is 18.9 Å². The molecule has 1 aromatic carbocycles. The number of guanidine groups is 1. The minimum absolute atomic E-state index is 0. The number of rotatable bonds is 7. The van der Waals surface area contributed by atoms with E-state index in [0.717, 1.165) is 19.0 Å². The third kappa shape index (κ3) is 7.59. The molecule has 21 heavy (non-hydrogen) atoms. The van der Waals surface area contributed by atoms with Crippen molar-refractivity contribution in [3.05, 3.63) is 35.4 Å². The SMILES string of the molecule is CCCCCNC(=NC)NCCc1cccc(F)c1F.I. The molecule has 0 heterocycles. The summed E-state index contributed by atoms with van der Waals surface area (Å²) in [6.45, 7) is 3.52. The number of nitrogens with one attached hydrogen (secondary N) is 2. The second kappa shape index (κ2) is 11.7. The van der Waals surface area contributed by atoms with Gasteiger partial charge in [-0.25, -0.2) is 8.78 Å². The normalized spacial score (nSPS) is 11.0. The minimum atomic E-state index is -0.801. The molecule has 0 radical (unpaired) electrons. The van der Waals surface area contributed by atoms with Gasteiger partial charge < -0.3 is 10.6 Å². The lowest BCUT2D eigenvalue weighted by Crippen LogP contribution is -2.38. The van der Waals surface area contributed by atoms with E-state index < -0.39 is 11.6 Å². The van der Waals surface area contributed by atoms with E-state index in [4.69, 9.17) is 0 Å². The van der Waals surface area contributed by atoms with Gasteiger partial charge in [-0.05, 0) is 24.5 Å². The number of benzene rings is 1. The molecule has 6 heteroatoms. The van der Waals surface area contributed by atoms with Gasteiger partial charge in [-0.1, -0.05) is 31.9 Å². The zero-order chi connectivity index (χ0) is 14.8. The summed E-state index contributed by atoms with van der Waals surface area (Å²) in [5, 5.41) is 6.28. The largest absolute Gasteiger partial charge is 0.356 e. The van der Waals surface area contributed by atoms with Crippen molar-refractivity contribution < 1.29 is 8.78 Å². The summed E-state index contributed by atoms with van der Waals surface area (Å²) >= 11 is 0. The minimum Gasteiger partial charge on any atom is -0.356 e. The summed E-state index contributed by atoms with van der Waals surface area (Å²) < 4.78 is 26.5. The highest BCUT2D eigenvalue weighted by atomic mass is 127. The standard InChI is InChI=1S/C15H23F2N3.HI/c1-3-4-5-10-19-15(18-2)20-11-9-12-7-6-8-13(16)14(12)17;/h6-8H,3-5,9-11H2,1-2H3,(H2,18,19,20);1H. The molecule has 0 saturated carbocycles. The van der Waals surface area contributed by atoms with Crippen molar-refractivity contribution >= 4 is 29.9 Å². The summed E-state index contributed by atoms with van der Waals surface area (Å²) in [7, 11) is 1.69. The molecular weight excluding hydrogens is 387 g/mol. The molecule has 0 spiro atoms. The fourth-order valence-corrected chi connectivity index (χ4v) is 1.86. The number of nitrogens with zero attached hydrogens (tertiary/aromatic N) is 1. The maximum absolute atomic E-state index is 13.4. The highest BCUT2D eigenvalue weighted by Crippen LogP contribution is 2.11. The van der Waals surface area contributed by atoms with Crippen LogP contribution < -0.4 is 10.6 Å². The van der Waals surface area contributed by atoms with E-state index >= 15 is 0 Å². The predicted octanol–water partition coefficient (Wildman–Crippen LogP) is 3.48. The summed E-state index contributed by atoms with van der Waals surface area (Å²) in [6.07, 6.45) is 3.86. The van der Waals surface area contributed by atoms with Gasteiger partial charge in [-0.15, -0.1) is 24.0 Å². The molecule has 3 nitrogen and oxygen atoms in total. The molecule has 0 aromatic heterocycles. The Bertz CT molecular complexity index is 439. The quantitative estimate of drug-likeness (QED) is 0.312. The monoisotopic (exact) mass is 411 g/mol. The van der Waals surface area contributed by atoms with Crippen LogP contribution in [0.2, 0.25) is 0 Å². The van der Waals surface area contributed by atoms with E-state index in [1.54, 1.807) is 13.1 Å². The first-order chi connectivity index (χ1) is 9.69. The van der Waals surface area contributed by atoms with Crippen LogP contribution in [0.5, 0.6) is 0 Å². The molecule has 0 atom stereocenters. The second-order valence-corrected chi connectivity index (χ2v) is 4.60. The van der Waals surface area contributed by atoms with Crippen LogP contribution in [0.15, 0.2) is 23.2 Å². The third-order valence-electron chi connectivity index (χ3n) is 3.01. The maximum atomic E-state index is 13.4. The van der Waals surface area contributed by atoms with E-state index in [1.807, 2.05) is 0 Å². The molecule has 0 saturated heterocycles. The molecule has 0 bridgehead atoms. The Morgan fingerprint density at radius 2 is 1.86 bits per heavy atom. The number of aliphatic imine (C=N–C) groups is 1. The van der Waals surface area contributed by atoms with Crippen LogP contribution >= 0.6 is 24.0 Å². The van der Waals surface area contributed by atoms with Crippen molar-refractivity contribution in [1.29, 1.82) is 0 Å². The second-order valence-electron chi connectivity index (χ2n) is 4.60. The average molecular weight is 411 g/mol. The first-order valence-corrected chi connectivity index (χ1v) is 7.06. The lowest BCUT2D eigenvalue weighted by molar-refractivity contribution is 0.498. The maximum Gasteiger partial charge on any atom is 0.190 e. The van der Waals surface area contributed by atoms with Crippen LogP contribution in [0.25, 0.3) is 0 Å². The van der Waals surface area contributed by atoms with Crippen molar-refractivity contribution in [3.63, 3.8) is 0 Å². The molecule has 0 aliphatic rings. The molecule has 0 unspecified atom stereocenters. The first kappa shape index (κ1) is 20.1. The van der Waals surface area contributed by atoms with E-state index in [9.17, 15) is 8.78 Å². The summed E-state index contributed by atoms with van der Waals surface area (Å²) in [4.78, 5) is 4.08. The van der Waals surface area contributed by atoms with Crippen LogP contribution in [0.4, 0.5) is 8.78 Å². The van der Waals surface area contributed by atoms with E-state index in [-0.39, 0.29) is 24.0 Å². The zero-order valence-electron chi connectivity index (χ0n) is 12.6. The Hall–Kier alpha value is -0.920. The van der Waals surface area contributed by atoms with Crippen LogP contribution in [0.1, 0.15) is 31.7 Å². The van der Waals surface area contributed by atoms with Crippen molar-refractivity contribution in [1.82, 2.24) is 10.6 Å². The topological polar surface area (TPSA) is 36.4 Å². The van der Waals surface area contributed by atoms with Crippen LogP contribution in [-0.2, 0) is 6.42 Å². The fourth-order valence-electron chi connectivity index (χ4n) is 1.86. The van der Waals surface area contributed by atoms with Gasteiger partial charge in [0.2, 0.25) is 0 Å². The molecule has 1 aromatic rings. The van der Waals surface area contributed by atoms with E-state index in [2.05, 4.69) is 22.5 Å². The average Bonchev–Trinajstić information content (AvgIpc) is 2.46. The molecule has 2 N–H and O–H groups in total. The van der Waals surface area contributed by atoms with Gasteiger partial charge in [0.25, 0.3) is 0 Å². The molecule has 0 fully saturated rings. The molecule has 0 amide bonds. The number of hydrogen-bond donors (Lipinski definition) is 2. The van der Waals surface area contributed by atoms with Gasteiger partial charge in [0.15, 0.2) is 17.6 Å². The Morgan fingerprint density at radius 3 is 2.52 bits per heavy atom. The number of halogens is 3. The Balaban J connectivity index is 0.00000400. The van der Waals surface area contributed by atoms with Crippen molar-refractivity contribution in [2.75, 3.05) is 20.1 Å². The van der Waals surface area contributed by atoms with Gasteiger partial charge in [0, 0.05) is 20.1 Å². The third-order valence-corrected chi connectivity index (χ3v) is 3.01. The lowest BCUT2D eigenvalue weighted by atomic mass is 10.1. The highest BCUT2D eigenvalue weighted by Gasteiger charge is 2.07. The summed E-state index contributed by atoms with van der Waals surface area (Å²) in [6, 6.07) is 4.24. The fraction of sp³-hybridized carbons (Fsp3) is 0.533. The van der Waals surface area contributed by atoms with E-state index in [0.29, 0.717) is 24.5 Å². The van der Waals surface area contributed by atoms with Gasteiger partial charge >= 0.3 is 0 Å². The Kier molecular flexibility index (Phi) is 11.2. The predicted molar refractivity (Wildman–Crippen MR) is 94.4 cm³/mol. The van der Waals surface area contributed by atoms with Crippen LogP contribution in [0, 0.1) is 11.6 Å². The molecule has 1 rings (SSSR count). The smallest absolute Gasteiger partial charge is 0.190 e. The number of hydrogen-bond acceptors (Lipinski definition) is 1. The first-order valence-electron chi connectivity index (χ1n) is 7.06. The highest BCUT2D eigenvalue weighted by molar-refractivity contribution is 14.0. The van der Waals surface area contributed by atoms with Crippen molar-refractivity contribution in [2.24, 2.45) is 4.99 Å². The Labute approximate surface area is 142 Å². The summed E-state index contributed by atoms with van der Waals surface area (Å²) in [5.74, 6) is -0.873. The zero-order valence-corrected chi connectivity index (χ0v) is 14.9. The number of unbranched alkanes of at least 4 members (excludes halogenated alkanes) is 2. The van der Waals surface area contributed by atoms with Crippen molar-refractivity contribution in [3.8, 4) is 0 Å². The lowest BCUT2D eigenvalue weighted by Gasteiger charge is -2.12. The van der Waals surface area contributed by atoms with Gasteiger partial charge in [-0.3, -0.25) is 4.99 Å². The molecule has 0 aliphatic carbocycles. The van der Waals surface area contributed by atoms with Gasteiger partial charge in [0.05, 0.1) is 0 Å². The van der Waals surface area contributed by atoms with Crippen LogP contribution in [0.3, 0.4) is 0 Å².